The van der Waals surface area contributed by atoms with Gasteiger partial charge < -0.3 is 0 Å². The molecule has 0 aliphatic carbocycles. The molecule has 4 nitrogen and oxygen atoms in total. The Kier molecular flexibility index (Phi) is 3.31. The molecule has 3 atom stereocenters. The predicted molar refractivity (Wildman–Crippen MR) is 28.6 cm³/mol. The minimum atomic E-state index is -1.06. The van der Waals surface area contributed by atoms with E-state index in [1.807, 2.05) is 0 Å². The van der Waals surface area contributed by atoms with Gasteiger partial charge in [-0.05, 0) is 0 Å². The van der Waals surface area contributed by atoms with Crippen LogP contribution in [0.15, 0.2) is 0 Å². The molecule has 1 heterocycles. The van der Waals surface area contributed by atoms with Gasteiger partial charge in [0, 0.05) is 0 Å². The van der Waals surface area contributed by atoms with Crippen LogP contribution in [0.25, 0.3) is 0 Å². The summed E-state index contributed by atoms with van der Waals surface area (Å²) in [5.74, 6) is 0. The first-order valence-electron chi connectivity index (χ1n) is 2.99. The first-order valence-corrected chi connectivity index (χ1v) is 5.20. The molecule has 1 rings (SSSR count). The Bertz CT molecular complexity index is 110. The Morgan fingerprint density at radius 3 is 2.60 bits per heavy atom. The number of aliphatic hydroxyl groups excluding tert-OH is 2. The second kappa shape index (κ2) is 3.82. The molecule has 1 fully saturated rings. The molecule has 3 N–H and O–H groups in total. The Balaban J connectivity index is 2.36. The number of hydrogen-bond acceptors (Lipinski definition) is 4. The molecule has 0 bridgehead atoms. The van der Waals surface area contributed by atoms with E-state index in [9.17, 15) is 0 Å². The normalized spacial score (nSPS) is 42.1. The van der Waals surface area contributed by atoms with Crippen LogP contribution in [0.2, 0.25) is 0 Å². The van der Waals surface area contributed by atoms with Crippen LogP contribution in [0.4, 0.5) is 0 Å². The minimum absolute atomic E-state index is 0.238. The van der Waals surface area contributed by atoms with Gasteiger partial charge in [0.2, 0.25) is 0 Å². The molecule has 0 radical (unpaired) electrons. The quantitative estimate of drug-likeness (QED) is 0.328. The third-order valence-corrected chi connectivity index (χ3v) is 3.10. The summed E-state index contributed by atoms with van der Waals surface area (Å²) in [6, 6.07) is 0. The van der Waals surface area contributed by atoms with Crippen molar-refractivity contribution < 1.29 is 40.0 Å². The van der Waals surface area contributed by atoms with Crippen LogP contribution in [0.1, 0.15) is 6.42 Å². The van der Waals surface area contributed by atoms with Crippen molar-refractivity contribution in [1.82, 2.24) is 0 Å². The van der Waals surface area contributed by atoms with Crippen molar-refractivity contribution in [2.45, 2.75) is 22.7 Å². The van der Waals surface area contributed by atoms with Gasteiger partial charge in [-0.1, -0.05) is 0 Å². The Morgan fingerprint density at radius 1 is 1.40 bits per heavy atom. The van der Waals surface area contributed by atoms with Crippen molar-refractivity contribution in [1.29, 1.82) is 0 Å². The van der Waals surface area contributed by atoms with Crippen molar-refractivity contribution in [3.8, 4) is 0 Å². The molecular weight excluding hydrogens is 251 g/mol. The van der Waals surface area contributed by atoms with Crippen LogP contribution in [0.5, 0.6) is 0 Å². The molecule has 10 heavy (non-hydrogen) atoms. The summed E-state index contributed by atoms with van der Waals surface area (Å²) in [6.45, 7) is 0.238. The molecule has 0 unspecified atom stereocenters. The summed E-state index contributed by atoms with van der Waals surface area (Å²) >= 11 is -1.06. The Labute approximate surface area is 69.6 Å². The fraction of sp³-hybridized carbons (Fsp3) is 1.00. The van der Waals surface area contributed by atoms with Gasteiger partial charge >= 0.3 is 69.4 Å². The molecule has 0 aromatic rings. The second-order valence-corrected chi connectivity index (χ2v) is 4.02. The number of rotatable bonds is 1. The fourth-order valence-electron chi connectivity index (χ4n) is 0.861. The van der Waals surface area contributed by atoms with Gasteiger partial charge in [0.1, 0.15) is 0 Å². The summed E-state index contributed by atoms with van der Waals surface area (Å²) in [5.41, 5.74) is 0. The number of halogens is 1. The molecule has 0 aromatic carbocycles. The number of alkyl halides is 1. The van der Waals surface area contributed by atoms with E-state index < -0.39 is 37.9 Å². The van der Waals surface area contributed by atoms with E-state index in [0.717, 1.165) is 0 Å². The van der Waals surface area contributed by atoms with Gasteiger partial charge in [-0.25, -0.2) is 0 Å². The third kappa shape index (κ3) is 2.03. The Morgan fingerprint density at radius 2 is 2.10 bits per heavy atom. The van der Waals surface area contributed by atoms with E-state index in [4.69, 9.17) is 18.4 Å². The SMILES string of the molecule is O[I-][C@H]1OC[C@H](O)C[C@@H]1O. The zero-order chi connectivity index (χ0) is 7.56. The standard InChI is InChI=1S/C5H10IO4/c7-3-1-4(8)5(6-9)10-2-3/h3-5,7-9H,1-2H2/q-1/t3-,4+,5+/m1/s1. The monoisotopic (exact) mass is 261 g/mol. The molecule has 1 aliphatic heterocycles. The van der Waals surface area contributed by atoms with E-state index in [2.05, 4.69) is 0 Å². The average Bonchev–Trinajstić information content (AvgIpc) is 1.88. The Hall–Kier alpha value is 0.570. The van der Waals surface area contributed by atoms with Gasteiger partial charge in [0.25, 0.3) is 0 Å². The zero-order valence-electron chi connectivity index (χ0n) is 5.27. The van der Waals surface area contributed by atoms with Crippen molar-refractivity contribution in [2.75, 3.05) is 6.61 Å². The van der Waals surface area contributed by atoms with Gasteiger partial charge in [-0.15, -0.1) is 0 Å². The van der Waals surface area contributed by atoms with Crippen molar-refractivity contribution in [3.63, 3.8) is 0 Å². The van der Waals surface area contributed by atoms with E-state index >= 15 is 0 Å². The van der Waals surface area contributed by atoms with Crippen molar-refractivity contribution in [2.24, 2.45) is 0 Å². The molecule has 0 amide bonds. The van der Waals surface area contributed by atoms with E-state index in [0.29, 0.717) is 6.42 Å². The van der Waals surface area contributed by atoms with Gasteiger partial charge in [0.15, 0.2) is 0 Å². The molecule has 0 saturated carbocycles. The second-order valence-electron chi connectivity index (χ2n) is 2.24. The maximum absolute atomic E-state index is 9.12. The van der Waals surface area contributed by atoms with E-state index in [-0.39, 0.29) is 6.61 Å². The summed E-state index contributed by atoms with van der Waals surface area (Å²) in [6.07, 6.45) is -0.923. The van der Waals surface area contributed by atoms with Gasteiger partial charge in [-0.2, -0.15) is 0 Å². The predicted octanol–water partition coefficient (Wildman–Crippen LogP) is -4.55. The van der Waals surface area contributed by atoms with Crippen molar-refractivity contribution >= 4 is 0 Å². The first-order chi connectivity index (χ1) is 4.74. The number of hydrogen-bond donors (Lipinski definition) is 3. The molecule has 0 spiro atoms. The van der Waals surface area contributed by atoms with Gasteiger partial charge in [-0.3, -0.25) is 0 Å². The zero-order valence-corrected chi connectivity index (χ0v) is 7.43. The average molecular weight is 261 g/mol. The van der Waals surface area contributed by atoms with Crippen LogP contribution in [-0.2, 0) is 4.74 Å². The topological polar surface area (TPSA) is 69.9 Å². The molecule has 1 aliphatic rings. The van der Waals surface area contributed by atoms with Crippen LogP contribution >= 0.6 is 0 Å². The van der Waals surface area contributed by atoms with Crippen LogP contribution in [0.3, 0.4) is 0 Å². The molecule has 0 aromatic heterocycles. The molecule has 1 saturated heterocycles. The maximum atomic E-state index is 9.12. The number of ether oxygens (including phenoxy) is 1. The van der Waals surface area contributed by atoms with E-state index in [1.54, 1.807) is 0 Å². The number of aliphatic hydroxyl groups is 2. The van der Waals surface area contributed by atoms with Crippen LogP contribution in [-0.4, -0.2) is 36.6 Å². The molecule has 62 valence electrons. The molecule has 5 heteroatoms. The van der Waals surface area contributed by atoms with E-state index in [1.165, 1.54) is 0 Å². The summed E-state index contributed by atoms with van der Waals surface area (Å²) < 4.78 is 13.2. The summed E-state index contributed by atoms with van der Waals surface area (Å²) in [5, 5.41) is 18.1. The summed E-state index contributed by atoms with van der Waals surface area (Å²) in [7, 11) is 0. The fourth-order valence-corrected chi connectivity index (χ4v) is 1.89. The first kappa shape index (κ1) is 8.66. The van der Waals surface area contributed by atoms with Crippen LogP contribution < -0.4 is 21.6 Å². The van der Waals surface area contributed by atoms with Crippen LogP contribution in [0, 0.1) is 0 Å². The third-order valence-electron chi connectivity index (χ3n) is 1.36. The summed E-state index contributed by atoms with van der Waals surface area (Å²) in [4.78, 5) is 0. The molecular formula is C5H10IO4-. The van der Waals surface area contributed by atoms with Gasteiger partial charge in [0.05, 0.1) is 0 Å². The van der Waals surface area contributed by atoms with Crippen molar-refractivity contribution in [3.05, 3.63) is 0 Å².